The lowest BCUT2D eigenvalue weighted by molar-refractivity contribution is 0.182. The predicted octanol–water partition coefficient (Wildman–Crippen LogP) is 3.17. The highest BCUT2D eigenvalue weighted by Crippen LogP contribution is 2.22. The Morgan fingerprint density at radius 1 is 1.08 bits per heavy atom. The molecule has 1 saturated carbocycles. The average molecular weight is 365 g/mol. The molecule has 2 N–H and O–H groups in total. The molecule has 1 aliphatic carbocycles. The van der Waals surface area contributed by atoms with Crippen LogP contribution in [0.3, 0.4) is 0 Å². The lowest BCUT2D eigenvalue weighted by atomic mass is 10.0. The summed E-state index contributed by atoms with van der Waals surface area (Å²) in [5.41, 5.74) is 0.614. The van der Waals surface area contributed by atoms with E-state index in [0.29, 0.717) is 11.6 Å². The molecule has 1 atom stereocenters. The third kappa shape index (κ3) is 4.73. The van der Waals surface area contributed by atoms with E-state index in [1.807, 2.05) is 4.90 Å². The summed E-state index contributed by atoms with van der Waals surface area (Å²) in [5, 5.41) is 2.86. The molecule has 0 aromatic heterocycles. The number of urea groups is 1. The van der Waals surface area contributed by atoms with Crippen molar-refractivity contribution in [1.82, 2.24) is 9.62 Å². The number of nitrogens with one attached hydrogen (secondary N) is 2. The Labute approximate surface area is 150 Å². The van der Waals surface area contributed by atoms with Gasteiger partial charge in [0.25, 0.3) is 0 Å². The number of anilines is 1. The van der Waals surface area contributed by atoms with Crippen molar-refractivity contribution in [3.63, 3.8) is 0 Å². The molecule has 1 heterocycles. The number of hydrogen-bond donors (Lipinski definition) is 2. The van der Waals surface area contributed by atoms with E-state index in [4.69, 9.17) is 0 Å². The Balaban J connectivity index is 1.60. The minimum Gasteiger partial charge on any atom is -0.324 e. The van der Waals surface area contributed by atoms with Gasteiger partial charge in [0, 0.05) is 24.8 Å². The van der Waals surface area contributed by atoms with Crippen LogP contribution in [0.2, 0.25) is 0 Å². The molecular formula is C18H27N3O3S. The molecule has 1 aromatic rings. The van der Waals surface area contributed by atoms with Gasteiger partial charge in [-0.05, 0) is 55.9 Å². The summed E-state index contributed by atoms with van der Waals surface area (Å²) in [5.74, 6) is 0.522. The van der Waals surface area contributed by atoms with Crippen molar-refractivity contribution >= 4 is 21.7 Å². The topological polar surface area (TPSA) is 78.5 Å². The van der Waals surface area contributed by atoms with Gasteiger partial charge in [0.2, 0.25) is 10.0 Å². The van der Waals surface area contributed by atoms with Crippen molar-refractivity contribution < 1.29 is 13.2 Å². The molecule has 2 aliphatic rings. The fourth-order valence-electron chi connectivity index (χ4n) is 3.62. The molecule has 0 spiro atoms. The molecule has 0 unspecified atom stereocenters. The average Bonchev–Trinajstić information content (AvgIpc) is 3.07. The quantitative estimate of drug-likeness (QED) is 0.860. The Morgan fingerprint density at radius 3 is 2.40 bits per heavy atom. The number of hydrogen-bond acceptors (Lipinski definition) is 3. The molecular weight excluding hydrogens is 338 g/mol. The maximum absolute atomic E-state index is 12.4. The monoisotopic (exact) mass is 365 g/mol. The second-order valence-electron chi connectivity index (χ2n) is 7.25. The summed E-state index contributed by atoms with van der Waals surface area (Å²) < 4.78 is 27.6. The standard InChI is InChI=1S/C18H27N3O3S/c1-14-5-4-12-21(13-14)18(22)19-15-8-10-17(11-9-15)25(23,24)20-16-6-2-3-7-16/h8-11,14,16,20H,2-7,12-13H2,1H3,(H,19,22)/t14-/m1/s1. The summed E-state index contributed by atoms with van der Waals surface area (Å²) in [4.78, 5) is 14.4. The van der Waals surface area contributed by atoms with Crippen molar-refractivity contribution in [2.45, 2.75) is 56.4 Å². The summed E-state index contributed by atoms with van der Waals surface area (Å²) in [6, 6.07) is 6.32. The van der Waals surface area contributed by atoms with E-state index in [2.05, 4.69) is 17.0 Å². The van der Waals surface area contributed by atoms with Crippen LogP contribution in [0.5, 0.6) is 0 Å². The van der Waals surface area contributed by atoms with Gasteiger partial charge < -0.3 is 10.2 Å². The lowest BCUT2D eigenvalue weighted by Gasteiger charge is -2.30. The minimum absolute atomic E-state index is 0.0467. The molecule has 25 heavy (non-hydrogen) atoms. The number of likely N-dealkylation sites (tertiary alicyclic amines) is 1. The first-order chi connectivity index (χ1) is 11.9. The van der Waals surface area contributed by atoms with Crippen molar-refractivity contribution in [2.24, 2.45) is 5.92 Å². The molecule has 6 nitrogen and oxygen atoms in total. The highest BCUT2D eigenvalue weighted by molar-refractivity contribution is 7.89. The van der Waals surface area contributed by atoms with Crippen LogP contribution in [0, 0.1) is 5.92 Å². The molecule has 0 radical (unpaired) electrons. The first kappa shape index (κ1) is 18.2. The second kappa shape index (κ2) is 7.74. The zero-order valence-electron chi connectivity index (χ0n) is 14.7. The van der Waals surface area contributed by atoms with Gasteiger partial charge in [0.15, 0.2) is 0 Å². The van der Waals surface area contributed by atoms with Crippen molar-refractivity contribution in [1.29, 1.82) is 0 Å². The van der Waals surface area contributed by atoms with Crippen LogP contribution in [0.15, 0.2) is 29.2 Å². The number of benzene rings is 1. The smallest absolute Gasteiger partial charge is 0.321 e. The van der Waals surface area contributed by atoms with E-state index < -0.39 is 10.0 Å². The third-order valence-corrected chi connectivity index (χ3v) is 6.57. The number of nitrogens with zero attached hydrogens (tertiary/aromatic N) is 1. The molecule has 138 valence electrons. The molecule has 7 heteroatoms. The molecule has 1 saturated heterocycles. The van der Waals surface area contributed by atoms with Gasteiger partial charge in [0.1, 0.15) is 0 Å². The van der Waals surface area contributed by atoms with Crippen LogP contribution in [-0.2, 0) is 10.0 Å². The number of carbonyl (C=O) groups is 1. The highest BCUT2D eigenvalue weighted by atomic mass is 32.2. The molecule has 1 aromatic carbocycles. The first-order valence-corrected chi connectivity index (χ1v) is 10.6. The number of amides is 2. The van der Waals surface area contributed by atoms with Crippen LogP contribution >= 0.6 is 0 Å². The van der Waals surface area contributed by atoms with Gasteiger partial charge in [-0.2, -0.15) is 0 Å². The van der Waals surface area contributed by atoms with Crippen molar-refractivity contribution in [3.05, 3.63) is 24.3 Å². The number of sulfonamides is 1. The summed E-state index contributed by atoms with van der Waals surface area (Å²) in [6.45, 7) is 3.69. The summed E-state index contributed by atoms with van der Waals surface area (Å²) in [7, 11) is -3.49. The largest absolute Gasteiger partial charge is 0.324 e. The van der Waals surface area contributed by atoms with Crippen LogP contribution in [0.1, 0.15) is 45.4 Å². The van der Waals surface area contributed by atoms with E-state index in [1.165, 1.54) is 0 Å². The van der Waals surface area contributed by atoms with Gasteiger partial charge in [0.05, 0.1) is 4.90 Å². The molecule has 3 rings (SSSR count). The van der Waals surface area contributed by atoms with Gasteiger partial charge in [-0.15, -0.1) is 0 Å². The maximum atomic E-state index is 12.4. The lowest BCUT2D eigenvalue weighted by Crippen LogP contribution is -2.41. The normalized spacial score (nSPS) is 22.1. The van der Waals surface area contributed by atoms with Crippen LogP contribution < -0.4 is 10.0 Å². The highest BCUT2D eigenvalue weighted by Gasteiger charge is 2.23. The third-order valence-electron chi connectivity index (χ3n) is 5.04. The van der Waals surface area contributed by atoms with E-state index in [0.717, 1.165) is 51.6 Å². The van der Waals surface area contributed by atoms with E-state index in [-0.39, 0.29) is 17.0 Å². The Morgan fingerprint density at radius 2 is 1.76 bits per heavy atom. The molecule has 2 amide bonds. The predicted molar refractivity (Wildman–Crippen MR) is 98.0 cm³/mol. The number of rotatable bonds is 4. The van der Waals surface area contributed by atoms with Gasteiger partial charge >= 0.3 is 6.03 Å². The zero-order chi connectivity index (χ0) is 17.9. The van der Waals surface area contributed by atoms with Crippen LogP contribution in [0.4, 0.5) is 10.5 Å². The summed E-state index contributed by atoms with van der Waals surface area (Å²) in [6.07, 6.45) is 6.15. The van der Waals surface area contributed by atoms with Gasteiger partial charge in [-0.25, -0.2) is 17.9 Å². The van der Waals surface area contributed by atoms with Gasteiger partial charge in [-0.3, -0.25) is 0 Å². The minimum atomic E-state index is -3.49. The SMILES string of the molecule is C[C@@H]1CCCN(C(=O)Nc2ccc(S(=O)(=O)NC3CCCC3)cc2)C1. The number of carbonyl (C=O) groups excluding carboxylic acids is 1. The second-order valence-corrected chi connectivity index (χ2v) is 8.96. The fraction of sp³-hybridized carbons (Fsp3) is 0.611. The zero-order valence-corrected chi connectivity index (χ0v) is 15.5. The summed E-state index contributed by atoms with van der Waals surface area (Å²) >= 11 is 0. The molecule has 0 bridgehead atoms. The van der Waals surface area contributed by atoms with E-state index >= 15 is 0 Å². The Kier molecular flexibility index (Phi) is 5.64. The first-order valence-electron chi connectivity index (χ1n) is 9.12. The molecule has 2 fully saturated rings. The Hall–Kier alpha value is -1.60. The number of piperidine rings is 1. The van der Waals surface area contributed by atoms with Crippen molar-refractivity contribution in [2.75, 3.05) is 18.4 Å². The van der Waals surface area contributed by atoms with Crippen LogP contribution in [-0.4, -0.2) is 38.5 Å². The Bertz CT molecular complexity index is 697. The van der Waals surface area contributed by atoms with Gasteiger partial charge in [-0.1, -0.05) is 19.8 Å². The fourth-order valence-corrected chi connectivity index (χ4v) is 4.93. The maximum Gasteiger partial charge on any atom is 0.321 e. The van der Waals surface area contributed by atoms with Crippen molar-refractivity contribution in [3.8, 4) is 0 Å². The molecule has 1 aliphatic heterocycles. The van der Waals surface area contributed by atoms with E-state index in [9.17, 15) is 13.2 Å². The van der Waals surface area contributed by atoms with Crippen LogP contribution in [0.25, 0.3) is 0 Å². The van der Waals surface area contributed by atoms with E-state index in [1.54, 1.807) is 24.3 Å².